The molecule has 4 rings (SSSR count). The van der Waals surface area contributed by atoms with E-state index in [0.29, 0.717) is 36.0 Å². The number of aliphatic hydroxyl groups is 2. The van der Waals surface area contributed by atoms with E-state index >= 15 is 0 Å². The summed E-state index contributed by atoms with van der Waals surface area (Å²) in [5, 5.41) is 34.6. The first-order valence-electron chi connectivity index (χ1n) is 13.2. The lowest BCUT2D eigenvalue weighted by atomic mass is 9.43. The molecule has 0 heterocycles. The molecule has 10 atom stereocenters. The van der Waals surface area contributed by atoms with Crippen LogP contribution < -0.4 is 0 Å². The number of hydrogen-bond acceptors (Lipinski definition) is 4. The first-order chi connectivity index (χ1) is 14.6. The molecule has 3 N–H and O–H groups in total. The number of nitrogens with zero attached hydrogens (tertiary/aromatic N) is 1. The molecule has 0 unspecified atom stereocenters. The van der Waals surface area contributed by atoms with Crippen LogP contribution in [-0.4, -0.2) is 33.3 Å². The van der Waals surface area contributed by atoms with Gasteiger partial charge in [0.1, 0.15) is 0 Å². The van der Waals surface area contributed by atoms with Crippen molar-refractivity contribution in [1.29, 1.82) is 0 Å². The van der Waals surface area contributed by atoms with Gasteiger partial charge >= 0.3 is 0 Å². The van der Waals surface area contributed by atoms with Crippen LogP contribution >= 0.6 is 0 Å². The maximum absolute atomic E-state index is 10.6. The minimum Gasteiger partial charge on any atom is -0.411 e. The van der Waals surface area contributed by atoms with Crippen LogP contribution in [0.5, 0.6) is 0 Å². The van der Waals surface area contributed by atoms with Crippen molar-refractivity contribution < 1.29 is 15.4 Å². The molecule has 0 aromatic carbocycles. The summed E-state index contributed by atoms with van der Waals surface area (Å²) in [5.74, 6) is 4.32. The van der Waals surface area contributed by atoms with E-state index in [9.17, 15) is 15.4 Å². The van der Waals surface area contributed by atoms with Crippen molar-refractivity contribution in [2.24, 2.45) is 57.4 Å². The van der Waals surface area contributed by atoms with E-state index in [1.54, 1.807) is 0 Å². The standard InChI is InChI=1S/C27H47NO3/c1-16(2)7-6-8-17(3)19-9-10-20-18-13-23(28-31)22-14-24(29)25(30)15-27(22,5)21(18)11-12-26(19,20)4/h16-22,24-25,29-31H,6-15H2,1-5H3/b28-23+/t17-,18+,19-,20+,21+,22-,24+,25+,26-,27-/m1/s1. The Balaban J connectivity index is 1.55. The average molecular weight is 434 g/mol. The van der Waals surface area contributed by atoms with E-state index in [1.807, 2.05) is 0 Å². The highest BCUT2D eigenvalue weighted by Gasteiger charge is 2.63. The summed E-state index contributed by atoms with van der Waals surface area (Å²) in [7, 11) is 0. The molecule has 4 aliphatic rings. The highest BCUT2D eigenvalue weighted by Crippen LogP contribution is 2.68. The van der Waals surface area contributed by atoms with E-state index in [2.05, 4.69) is 39.8 Å². The highest BCUT2D eigenvalue weighted by atomic mass is 16.4. The summed E-state index contributed by atoms with van der Waals surface area (Å²) >= 11 is 0. The van der Waals surface area contributed by atoms with E-state index in [-0.39, 0.29) is 11.3 Å². The van der Waals surface area contributed by atoms with Crippen LogP contribution in [0.2, 0.25) is 0 Å². The van der Waals surface area contributed by atoms with E-state index < -0.39 is 12.2 Å². The zero-order valence-corrected chi connectivity index (χ0v) is 20.6. The van der Waals surface area contributed by atoms with Gasteiger partial charge in [0, 0.05) is 5.92 Å². The number of rotatable bonds is 5. The van der Waals surface area contributed by atoms with Crippen molar-refractivity contribution >= 4 is 5.71 Å². The summed E-state index contributed by atoms with van der Waals surface area (Å²) in [6.07, 6.45) is 9.94. The summed E-state index contributed by atoms with van der Waals surface area (Å²) in [6, 6.07) is 0. The summed E-state index contributed by atoms with van der Waals surface area (Å²) in [5.41, 5.74) is 1.23. The Bertz CT molecular complexity index is 677. The second-order valence-corrected chi connectivity index (χ2v) is 12.8. The second kappa shape index (κ2) is 8.63. The van der Waals surface area contributed by atoms with Gasteiger partial charge in [-0.2, -0.15) is 0 Å². The Labute approximate surface area is 189 Å². The predicted molar refractivity (Wildman–Crippen MR) is 125 cm³/mol. The van der Waals surface area contributed by atoms with Crippen LogP contribution in [0.25, 0.3) is 0 Å². The minimum absolute atomic E-state index is 0.0641. The molecule has 31 heavy (non-hydrogen) atoms. The number of oxime groups is 1. The third-order valence-electron chi connectivity index (χ3n) is 10.8. The molecule has 0 aliphatic heterocycles. The Morgan fingerprint density at radius 3 is 2.35 bits per heavy atom. The fourth-order valence-electron chi connectivity index (χ4n) is 9.23. The van der Waals surface area contributed by atoms with Crippen molar-refractivity contribution in [3.63, 3.8) is 0 Å². The molecule has 0 spiro atoms. The SMILES string of the molecule is CC(C)CCC[C@@H](C)[C@H]1CC[C@H]2[C@@H]3C/C(=N\O)[C@H]4C[C@H](O)[C@@H](O)C[C@]4(C)[C@H]3CC[C@]12C. The van der Waals surface area contributed by atoms with Gasteiger partial charge in [0.15, 0.2) is 0 Å². The third-order valence-corrected chi connectivity index (χ3v) is 10.8. The molecule has 0 bridgehead atoms. The molecule has 0 aromatic heterocycles. The maximum Gasteiger partial charge on any atom is 0.0805 e. The van der Waals surface area contributed by atoms with Crippen LogP contribution in [-0.2, 0) is 0 Å². The first kappa shape index (κ1) is 23.5. The Kier molecular flexibility index (Phi) is 6.55. The molecule has 4 heteroatoms. The van der Waals surface area contributed by atoms with Crippen LogP contribution in [0.15, 0.2) is 5.16 Å². The van der Waals surface area contributed by atoms with Gasteiger partial charge in [-0.3, -0.25) is 0 Å². The Morgan fingerprint density at radius 2 is 1.68 bits per heavy atom. The lowest BCUT2D eigenvalue weighted by molar-refractivity contribution is -0.131. The van der Waals surface area contributed by atoms with Crippen LogP contribution in [0.4, 0.5) is 0 Å². The minimum atomic E-state index is -0.692. The van der Waals surface area contributed by atoms with Gasteiger partial charge in [-0.1, -0.05) is 59.0 Å². The topological polar surface area (TPSA) is 73.1 Å². The molecule has 4 nitrogen and oxygen atoms in total. The molecule has 4 fully saturated rings. The zero-order chi connectivity index (χ0) is 22.6. The normalized spacial score (nSPS) is 49.5. The Hall–Kier alpha value is -0.610. The van der Waals surface area contributed by atoms with Gasteiger partial charge in [-0.05, 0) is 91.3 Å². The largest absolute Gasteiger partial charge is 0.411 e. The molecular formula is C27H47NO3. The molecule has 178 valence electrons. The van der Waals surface area contributed by atoms with Crippen molar-refractivity contribution in [3.8, 4) is 0 Å². The quantitative estimate of drug-likeness (QED) is 0.374. The van der Waals surface area contributed by atoms with Gasteiger partial charge in [0.25, 0.3) is 0 Å². The molecule has 4 aliphatic carbocycles. The molecular weight excluding hydrogens is 386 g/mol. The van der Waals surface area contributed by atoms with Gasteiger partial charge in [-0.25, -0.2) is 0 Å². The smallest absolute Gasteiger partial charge is 0.0805 e. The third kappa shape index (κ3) is 3.88. The zero-order valence-electron chi connectivity index (χ0n) is 20.6. The van der Waals surface area contributed by atoms with E-state index in [4.69, 9.17) is 0 Å². The van der Waals surface area contributed by atoms with Gasteiger partial charge in [0.05, 0.1) is 17.9 Å². The van der Waals surface area contributed by atoms with Crippen molar-refractivity contribution in [3.05, 3.63) is 0 Å². The number of fused-ring (bicyclic) bond motifs is 5. The number of aliphatic hydroxyl groups excluding tert-OH is 2. The fraction of sp³-hybridized carbons (Fsp3) is 0.963. The van der Waals surface area contributed by atoms with Crippen LogP contribution in [0.3, 0.4) is 0 Å². The van der Waals surface area contributed by atoms with Crippen molar-refractivity contribution in [2.45, 2.75) is 111 Å². The second-order valence-electron chi connectivity index (χ2n) is 12.8. The summed E-state index contributed by atoms with van der Waals surface area (Å²) < 4.78 is 0. The van der Waals surface area contributed by atoms with E-state index in [0.717, 1.165) is 29.9 Å². The lowest BCUT2D eigenvalue weighted by Gasteiger charge is -2.61. The Morgan fingerprint density at radius 1 is 0.968 bits per heavy atom. The summed E-state index contributed by atoms with van der Waals surface area (Å²) in [4.78, 5) is 0. The fourth-order valence-corrected chi connectivity index (χ4v) is 9.23. The molecule has 4 saturated carbocycles. The molecule has 0 aromatic rings. The highest BCUT2D eigenvalue weighted by molar-refractivity contribution is 5.88. The first-order valence-corrected chi connectivity index (χ1v) is 13.2. The average Bonchev–Trinajstić information content (AvgIpc) is 3.06. The van der Waals surface area contributed by atoms with Crippen molar-refractivity contribution in [1.82, 2.24) is 0 Å². The summed E-state index contributed by atoms with van der Waals surface area (Å²) in [6.45, 7) is 12.1. The molecule has 0 amide bonds. The van der Waals surface area contributed by atoms with Crippen LogP contribution in [0, 0.1) is 52.3 Å². The van der Waals surface area contributed by atoms with Crippen molar-refractivity contribution in [2.75, 3.05) is 0 Å². The molecule has 0 saturated heterocycles. The predicted octanol–water partition coefficient (Wildman–Crippen LogP) is 5.88. The van der Waals surface area contributed by atoms with Gasteiger partial charge in [-0.15, -0.1) is 0 Å². The molecule has 0 radical (unpaired) electrons. The van der Waals surface area contributed by atoms with E-state index in [1.165, 1.54) is 44.9 Å². The maximum atomic E-state index is 10.6. The lowest BCUT2D eigenvalue weighted by Crippen LogP contribution is -2.59. The van der Waals surface area contributed by atoms with Gasteiger partial charge in [0.2, 0.25) is 0 Å². The number of hydrogen-bond donors (Lipinski definition) is 3. The van der Waals surface area contributed by atoms with Gasteiger partial charge < -0.3 is 15.4 Å². The monoisotopic (exact) mass is 433 g/mol. The van der Waals surface area contributed by atoms with Crippen LogP contribution in [0.1, 0.15) is 98.8 Å².